The van der Waals surface area contributed by atoms with Crippen LogP contribution in [0.5, 0.6) is 0 Å². The zero-order valence-corrected chi connectivity index (χ0v) is 4.63. The first-order chi connectivity index (χ1) is 2.89. The molecular formula is C4H3ClS. The van der Waals surface area contributed by atoms with Gasteiger partial charge in [-0.1, -0.05) is 16.6 Å². The minimum Gasteiger partial charge on any atom is -0.132 e. The molecule has 0 N–H and O–H groups in total. The van der Waals surface area contributed by atoms with Gasteiger partial charge in [-0.2, -0.15) is 0 Å². The smallest absolute Gasteiger partial charge is 0.0890 e. The van der Waals surface area contributed by atoms with Gasteiger partial charge in [-0.15, -0.1) is 11.4 Å². The lowest BCUT2D eigenvalue weighted by Gasteiger charge is -1.64. The number of hydrogen-bond acceptors (Lipinski definition) is 0. The van der Waals surface area contributed by atoms with Crippen molar-refractivity contribution in [1.82, 2.24) is 0 Å². The van der Waals surface area contributed by atoms with E-state index in [1.165, 1.54) is 0 Å². The molecule has 0 fully saturated rings. The van der Waals surface area contributed by atoms with Gasteiger partial charge in [-0.3, -0.25) is 0 Å². The van der Waals surface area contributed by atoms with Crippen LogP contribution in [0.15, 0.2) is 16.5 Å². The summed E-state index contributed by atoms with van der Waals surface area (Å²) in [5.41, 5.74) is 0. The Kier molecular flexibility index (Phi) is 1.16. The maximum absolute atomic E-state index is 5.42. The van der Waals surface area contributed by atoms with Crippen LogP contribution in [0.4, 0.5) is 0 Å². The predicted molar refractivity (Wildman–Crippen MR) is 32.5 cm³/mol. The largest absolute Gasteiger partial charge is 0.132 e. The van der Waals surface area contributed by atoms with Crippen molar-refractivity contribution in [2.45, 2.75) is 0 Å². The van der Waals surface area contributed by atoms with E-state index < -0.39 is 0 Å². The molecule has 2 heteroatoms. The minimum atomic E-state index is 0.733. The van der Waals surface area contributed by atoms with E-state index in [1.54, 1.807) is 0 Å². The number of hydrogen-bond donors (Lipinski definition) is 1. The molecule has 0 atom stereocenters. The Morgan fingerprint density at radius 3 is 2.83 bits per heavy atom. The van der Waals surface area contributed by atoms with Crippen molar-refractivity contribution < 1.29 is 0 Å². The van der Waals surface area contributed by atoms with Crippen LogP contribution in [-0.4, -0.2) is 5.02 Å². The van der Waals surface area contributed by atoms with Gasteiger partial charge >= 0.3 is 0 Å². The van der Waals surface area contributed by atoms with Crippen LogP contribution in [0.25, 0.3) is 0 Å². The van der Waals surface area contributed by atoms with Crippen LogP contribution in [0.2, 0.25) is 0 Å². The average molecular weight is 119 g/mol. The summed E-state index contributed by atoms with van der Waals surface area (Å²) >= 11 is 6.51. The van der Waals surface area contributed by atoms with Crippen LogP contribution in [-0.2, 0) is 0 Å². The molecule has 0 bridgehead atoms. The minimum absolute atomic E-state index is 0.733. The molecule has 0 unspecified atom stereocenters. The SMILES string of the molecule is ClC1=C=[SH]C=C1. The third-order valence-electron chi connectivity index (χ3n) is 0.467. The Balaban J connectivity index is 2.98. The summed E-state index contributed by atoms with van der Waals surface area (Å²) in [6, 6.07) is 0. The molecule has 0 nitrogen and oxygen atoms in total. The van der Waals surface area contributed by atoms with Gasteiger partial charge in [0.25, 0.3) is 0 Å². The lowest BCUT2D eigenvalue weighted by Crippen LogP contribution is -1.48. The molecule has 0 aromatic heterocycles. The molecule has 6 heavy (non-hydrogen) atoms. The van der Waals surface area contributed by atoms with Crippen molar-refractivity contribution in [1.29, 1.82) is 0 Å². The predicted octanol–water partition coefficient (Wildman–Crippen LogP) is 1.50. The topological polar surface area (TPSA) is 0 Å². The number of thiol groups is 1. The fraction of sp³-hybridized carbons (Fsp3) is 0. The van der Waals surface area contributed by atoms with Gasteiger partial charge in [-0.25, -0.2) is 0 Å². The first-order valence-electron chi connectivity index (χ1n) is 1.54. The van der Waals surface area contributed by atoms with E-state index in [-0.39, 0.29) is 0 Å². The Bertz CT molecular complexity index is 140. The summed E-state index contributed by atoms with van der Waals surface area (Å²) in [6.07, 6.45) is 1.84. The molecule has 0 spiro atoms. The van der Waals surface area contributed by atoms with Crippen molar-refractivity contribution >= 4 is 28.0 Å². The Hall–Kier alpha value is 0.0300. The standard InChI is InChI=1S/C4H3ClS/c5-4-1-2-6-3-4/h1-2,6H. The Morgan fingerprint density at radius 1 is 1.83 bits per heavy atom. The monoisotopic (exact) mass is 118 g/mol. The normalized spacial score (nSPS) is 17.2. The van der Waals surface area contributed by atoms with Crippen molar-refractivity contribution in [3.05, 3.63) is 16.5 Å². The van der Waals surface area contributed by atoms with Gasteiger partial charge in [0.05, 0.1) is 5.03 Å². The molecule has 0 aromatic rings. The summed E-state index contributed by atoms with van der Waals surface area (Å²) in [5, 5.41) is 5.54. The lowest BCUT2D eigenvalue weighted by molar-refractivity contribution is 2.10. The van der Waals surface area contributed by atoms with Crippen LogP contribution in [0, 0.1) is 0 Å². The molecule has 1 aliphatic rings. The van der Waals surface area contributed by atoms with Gasteiger partial charge in [-0.05, 0) is 11.5 Å². The maximum Gasteiger partial charge on any atom is 0.0890 e. The van der Waals surface area contributed by atoms with E-state index in [9.17, 15) is 0 Å². The molecule has 1 aliphatic heterocycles. The fourth-order valence-electron chi connectivity index (χ4n) is 0.239. The first kappa shape index (κ1) is 4.20. The van der Waals surface area contributed by atoms with E-state index in [0.29, 0.717) is 0 Å². The number of allylic oxidation sites excluding steroid dienone is 2. The summed E-state index contributed by atoms with van der Waals surface area (Å²) in [6.45, 7) is 0. The second kappa shape index (κ2) is 1.65. The van der Waals surface area contributed by atoms with E-state index in [2.05, 4.69) is 5.02 Å². The average Bonchev–Trinajstić information content (AvgIpc) is 1.86. The van der Waals surface area contributed by atoms with Gasteiger partial charge in [0, 0.05) is 0 Å². The van der Waals surface area contributed by atoms with Crippen LogP contribution >= 0.6 is 23.0 Å². The highest BCUT2D eigenvalue weighted by Gasteiger charge is 1.80. The molecule has 32 valence electrons. The second-order valence-corrected chi connectivity index (χ2v) is 2.09. The molecule has 0 saturated carbocycles. The first-order valence-corrected chi connectivity index (χ1v) is 2.88. The highest BCUT2D eigenvalue weighted by Crippen LogP contribution is 2.06. The fourth-order valence-corrected chi connectivity index (χ4v) is 1.03. The van der Waals surface area contributed by atoms with Crippen LogP contribution in [0.1, 0.15) is 0 Å². The van der Waals surface area contributed by atoms with Crippen LogP contribution < -0.4 is 0 Å². The molecular weight excluding hydrogens is 116 g/mol. The molecule has 1 rings (SSSR count). The molecule has 0 aromatic carbocycles. The summed E-state index contributed by atoms with van der Waals surface area (Å²) < 4.78 is 0. The van der Waals surface area contributed by atoms with Gasteiger partial charge < -0.3 is 0 Å². The molecule has 0 aliphatic carbocycles. The molecule has 0 radical (unpaired) electrons. The van der Waals surface area contributed by atoms with Crippen LogP contribution in [0.3, 0.4) is 0 Å². The summed E-state index contributed by atoms with van der Waals surface area (Å²) in [4.78, 5) is 0. The highest BCUT2D eigenvalue weighted by atomic mass is 35.5. The second-order valence-electron chi connectivity index (χ2n) is 0.905. The third-order valence-corrected chi connectivity index (χ3v) is 1.49. The zero-order valence-electron chi connectivity index (χ0n) is 2.98. The van der Waals surface area contributed by atoms with Gasteiger partial charge in [0.2, 0.25) is 0 Å². The van der Waals surface area contributed by atoms with Gasteiger partial charge in [0.1, 0.15) is 0 Å². The molecule has 0 saturated heterocycles. The van der Waals surface area contributed by atoms with Crippen molar-refractivity contribution in [2.75, 3.05) is 0 Å². The third kappa shape index (κ3) is 0.749. The van der Waals surface area contributed by atoms with E-state index in [1.807, 2.05) is 11.5 Å². The Morgan fingerprint density at radius 2 is 2.67 bits per heavy atom. The number of rotatable bonds is 0. The van der Waals surface area contributed by atoms with Crippen molar-refractivity contribution in [3.63, 3.8) is 0 Å². The van der Waals surface area contributed by atoms with E-state index >= 15 is 0 Å². The number of halogens is 1. The summed E-state index contributed by atoms with van der Waals surface area (Å²) in [7, 11) is 0. The lowest BCUT2D eigenvalue weighted by atomic mass is 10.6. The van der Waals surface area contributed by atoms with Gasteiger partial charge in [0.15, 0.2) is 0 Å². The zero-order chi connectivity index (χ0) is 4.41. The quantitative estimate of drug-likeness (QED) is 0.362. The summed E-state index contributed by atoms with van der Waals surface area (Å²) in [5.74, 6) is 0. The Labute approximate surface area is 45.1 Å². The molecule has 0 amide bonds. The molecule has 1 heterocycles. The van der Waals surface area contributed by atoms with E-state index in [4.69, 9.17) is 11.6 Å². The van der Waals surface area contributed by atoms with E-state index in [0.717, 1.165) is 16.4 Å². The highest BCUT2D eigenvalue weighted by molar-refractivity contribution is 8.00. The van der Waals surface area contributed by atoms with Crippen molar-refractivity contribution in [3.8, 4) is 0 Å². The van der Waals surface area contributed by atoms with Crippen molar-refractivity contribution in [2.24, 2.45) is 0 Å². The maximum atomic E-state index is 5.42.